The van der Waals surface area contributed by atoms with Crippen LogP contribution >= 0.6 is 15.9 Å². The van der Waals surface area contributed by atoms with Crippen molar-refractivity contribution in [1.29, 1.82) is 0 Å². The molecule has 0 amide bonds. The van der Waals surface area contributed by atoms with E-state index in [0.29, 0.717) is 16.2 Å². The molecule has 0 aliphatic heterocycles. The Morgan fingerprint density at radius 3 is 2.82 bits per heavy atom. The number of carbonyl (C=O) groups excluding carboxylic acids is 1. The molecule has 0 atom stereocenters. The van der Waals surface area contributed by atoms with Crippen molar-refractivity contribution in [3.8, 4) is 5.88 Å². The summed E-state index contributed by atoms with van der Waals surface area (Å²) in [6.07, 6.45) is 1.27. The molecular formula is C9H8BrN5O2. The van der Waals surface area contributed by atoms with E-state index in [1.165, 1.54) is 24.2 Å². The molecule has 2 aromatic heterocycles. The van der Waals surface area contributed by atoms with Gasteiger partial charge in [-0.05, 0) is 15.9 Å². The molecule has 0 saturated heterocycles. The number of nitrogens with zero attached hydrogens (tertiary/aromatic N) is 5. The third-order valence-electron chi connectivity index (χ3n) is 2.08. The van der Waals surface area contributed by atoms with E-state index < -0.39 is 0 Å². The van der Waals surface area contributed by atoms with Crippen molar-refractivity contribution in [2.24, 2.45) is 7.05 Å². The molecule has 0 aliphatic carbocycles. The fourth-order valence-electron chi connectivity index (χ4n) is 1.27. The lowest BCUT2D eigenvalue weighted by Crippen LogP contribution is -2.11. The minimum Gasteiger partial charge on any atom is -0.481 e. The van der Waals surface area contributed by atoms with Crippen LogP contribution in [0.3, 0.4) is 0 Å². The van der Waals surface area contributed by atoms with E-state index in [0.717, 1.165) is 0 Å². The summed E-state index contributed by atoms with van der Waals surface area (Å²) in [7, 11) is 3.10. The second-order valence-corrected chi connectivity index (χ2v) is 3.88. The minimum atomic E-state index is -0.301. The third-order valence-corrected chi connectivity index (χ3v) is 2.62. The summed E-state index contributed by atoms with van der Waals surface area (Å²) in [5.74, 6) is 0.0275. The summed E-state index contributed by atoms with van der Waals surface area (Å²) >= 11 is 3.16. The third kappa shape index (κ3) is 2.16. The Morgan fingerprint density at radius 1 is 1.47 bits per heavy atom. The lowest BCUT2D eigenvalue weighted by atomic mass is 10.2. The van der Waals surface area contributed by atoms with Crippen LogP contribution in [0, 0.1) is 0 Å². The maximum absolute atomic E-state index is 12.1. The molecule has 0 aliphatic rings. The van der Waals surface area contributed by atoms with Crippen LogP contribution in [-0.2, 0) is 7.05 Å². The minimum absolute atomic E-state index is 0.225. The lowest BCUT2D eigenvalue weighted by Gasteiger charge is -2.02. The number of hydrogen-bond donors (Lipinski definition) is 0. The Balaban J connectivity index is 2.44. The smallest absolute Gasteiger partial charge is 0.232 e. The number of methoxy groups -OCH3 is 1. The summed E-state index contributed by atoms with van der Waals surface area (Å²) in [5, 5.41) is 7.47. The van der Waals surface area contributed by atoms with Gasteiger partial charge >= 0.3 is 0 Å². The average molecular weight is 298 g/mol. The van der Waals surface area contributed by atoms with Crippen LogP contribution in [-0.4, -0.2) is 37.9 Å². The first-order valence-corrected chi connectivity index (χ1v) is 5.38. The highest BCUT2D eigenvalue weighted by Gasteiger charge is 2.20. The summed E-state index contributed by atoms with van der Waals surface area (Å²) in [6.45, 7) is 0. The van der Waals surface area contributed by atoms with Gasteiger partial charge in [-0.2, -0.15) is 0 Å². The van der Waals surface area contributed by atoms with Gasteiger partial charge in [0, 0.05) is 13.1 Å². The van der Waals surface area contributed by atoms with Crippen molar-refractivity contribution in [2.45, 2.75) is 0 Å². The number of aromatic nitrogens is 5. The SMILES string of the molecule is COc1cc(C(=O)c2c(Br)nnn2C)ncn1. The molecule has 0 unspecified atom stereocenters. The molecule has 0 spiro atoms. The number of carbonyl (C=O) groups is 1. The van der Waals surface area contributed by atoms with E-state index in [1.54, 1.807) is 7.05 Å². The van der Waals surface area contributed by atoms with Crippen molar-refractivity contribution in [3.05, 3.63) is 28.4 Å². The summed E-state index contributed by atoms with van der Waals surface area (Å²) in [6, 6.07) is 1.46. The molecule has 0 saturated carbocycles. The second kappa shape index (κ2) is 4.58. The topological polar surface area (TPSA) is 82.8 Å². The number of ketones is 1. The highest BCUT2D eigenvalue weighted by molar-refractivity contribution is 9.10. The summed E-state index contributed by atoms with van der Waals surface area (Å²) in [4.78, 5) is 19.9. The van der Waals surface area contributed by atoms with Gasteiger partial charge in [0.15, 0.2) is 4.60 Å². The van der Waals surface area contributed by atoms with Gasteiger partial charge in [0.2, 0.25) is 11.7 Å². The second-order valence-electron chi connectivity index (χ2n) is 3.13. The van der Waals surface area contributed by atoms with Gasteiger partial charge in [-0.3, -0.25) is 4.79 Å². The Morgan fingerprint density at radius 2 is 2.24 bits per heavy atom. The van der Waals surface area contributed by atoms with E-state index in [1.807, 2.05) is 0 Å². The molecule has 2 heterocycles. The zero-order valence-electron chi connectivity index (χ0n) is 9.09. The van der Waals surface area contributed by atoms with E-state index in [9.17, 15) is 4.79 Å². The predicted molar refractivity (Wildman–Crippen MR) is 60.7 cm³/mol. The van der Waals surface area contributed by atoms with Gasteiger partial charge in [0.25, 0.3) is 0 Å². The standard InChI is InChI=1S/C9H8BrN5O2/c1-15-7(9(10)13-14-15)8(16)5-3-6(17-2)12-4-11-5/h3-4H,1-2H3. The quantitative estimate of drug-likeness (QED) is 0.772. The lowest BCUT2D eigenvalue weighted by molar-refractivity contribution is 0.102. The maximum atomic E-state index is 12.1. The van der Waals surface area contributed by atoms with E-state index in [-0.39, 0.29) is 11.5 Å². The van der Waals surface area contributed by atoms with Crippen molar-refractivity contribution in [1.82, 2.24) is 25.0 Å². The van der Waals surface area contributed by atoms with Gasteiger partial charge in [-0.1, -0.05) is 5.21 Å². The first kappa shape index (κ1) is 11.6. The van der Waals surface area contributed by atoms with Crippen molar-refractivity contribution >= 4 is 21.7 Å². The van der Waals surface area contributed by atoms with Gasteiger partial charge in [-0.25, -0.2) is 14.6 Å². The van der Waals surface area contributed by atoms with Gasteiger partial charge in [0.1, 0.15) is 17.7 Å². The molecule has 0 aromatic carbocycles. The number of hydrogen-bond acceptors (Lipinski definition) is 6. The van der Waals surface area contributed by atoms with Crippen molar-refractivity contribution in [2.75, 3.05) is 7.11 Å². The van der Waals surface area contributed by atoms with Crippen LogP contribution in [0.2, 0.25) is 0 Å². The number of aryl methyl sites for hydroxylation is 1. The normalized spacial score (nSPS) is 10.3. The van der Waals surface area contributed by atoms with Crippen molar-refractivity contribution < 1.29 is 9.53 Å². The molecule has 2 rings (SSSR count). The Labute approximate surface area is 105 Å². The van der Waals surface area contributed by atoms with Crippen LogP contribution in [0.1, 0.15) is 16.2 Å². The fraction of sp³-hybridized carbons (Fsp3) is 0.222. The molecule has 7 nitrogen and oxygen atoms in total. The molecule has 2 aromatic rings. The molecule has 0 bridgehead atoms. The molecule has 0 N–H and O–H groups in total. The van der Waals surface area contributed by atoms with E-state index >= 15 is 0 Å². The van der Waals surface area contributed by atoms with Crippen LogP contribution in [0.15, 0.2) is 17.0 Å². The number of rotatable bonds is 3. The van der Waals surface area contributed by atoms with Crippen LogP contribution < -0.4 is 4.74 Å². The summed E-state index contributed by atoms with van der Waals surface area (Å²) in [5.41, 5.74) is 0.550. The highest BCUT2D eigenvalue weighted by atomic mass is 79.9. The molecular weight excluding hydrogens is 290 g/mol. The summed E-state index contributed by atoms with van der Waals surface area (Å²) < 4.78 is 6.68. The number of ether oxygens (including phenoxy) is 1. The van der Waals surface area contributed by atoms with Crippen LogP contribution in [0.5, 0.6) is 5.88 Å². The van der Waals surface area contributed by atoms with Gasteiger partial charge in [0.05, 0.1) is 7.11 Å². The number of halogens is 1. The van der Waals surface area contributed by atoms with Gasteiger partial charge < -0.3 is 4.74 Å². The largest absolute Gasteiger partial charge is 0.481 e. The molecule has 17 heavy (non-hydrogen) atoms. The first-order valence-electron chi connectivity index (χ1n) is 4.59. The predicted octanol–water partition coefficient (Wildman–Crippen LogP) is 0.607. The monoisotopic (exact) mass is 297 g/mol. The highest BCUT2D eigenvalue weighted by Crippen LogP contribution is 2.17. The van der Waals surface area contributed by atoms with Crippen LogP contribution in [0.25, 0.3) is 0 Å². The molecule has 0 fully saturated rings. The maximum Gasteiger partial charge on any atom is 0.232 e. The van der Waals surface area contributed by atoms with E-state index in [2.05, 4.69) is 36.2 Å². The molecule has 8 heteroatoms. The Hall–Kier alpha value is -1.83. The van der Waals surface area contributed by atoms with Crippen LogP contribution in [0.4, 0.5) is 0 Å². The van der Waals surface area contributed by atoms with Crippen molar-refractivity contribution in [3.63, 3.8) is 0 Å². The molecule has 88 valence electrons. The zero-order valence-corrected chi connectivity index (χ0v) is 10.7. The van der Waals surface area contributed by atoms with E-state index in [4.69, 9.17) is 4.74 Å². The Kier molecular flexibility index (Phi) is 3.14. The van der Waals surface area contributed by atoms with Gasteiger partial charge in [-0.15, -0.1) is 5.10 Å². The first-order chi connectivity index (χ1) is 8.13. The average Bonchev–Trinajstić information content (AvgIpc) is 2.68. The fourth-order valence-corrected chi connectivity index (χ4v) is 1.78. The zero-order chi connectivity index (χ0) is 12.4. The molecule has 0 radical (unpaired) electrons. The Bertz CT molecular complexity index is 549.